The molecule has 1 N–H and O–H groups in total. The highest BCUT2D eigenvalue weighted by molar-refractivity contribution is 4.96. The Morgan fingerprint density at radius 3 is 2.78 bits per heavy atom. The molecule has 1 aromatic heterocycles. The highest BCUT2D eigenvalue weighted by Crippen LogP contribution is 2.26. The fourth-order valence-corrected chi connectivity index (χ4v) is 2.83. The monoisotopic (exact) mass is 250 g/mol. The van der Waals surface area contributed by atoms with Crippen molar-refractivity contribution in [2.24, 2.45) is 5.92 Å². The molecule has 0 spiro atoms. The minimum atomic E-state index is 0.825. The molecule has 18 heavy (non-hydrogen) atoms. The van der Waals surface area contributed by atoms with Crippen molar-refractivity contribution in [3.8, 4) is 0 Å². The Kier molecular flexibility index (Phi) is 5.72. The minimum absolute atomic E-state index is 0.825. The first-order valence-corrected chi connectivity index (χ1v) is 7.46. The largest absolute Gasteiger partial charge is 0.446 e. The highest BCUT2D eigenvalue weighted by Gasteiger charge is 2.15. The summed E-state index contributed by atoms with van der Waals surface area (Å²) >= 11 is 0. The van der Waals surface area contributed by atoms with Gasteiger partial charge in [0.15, 0.2) is 5.89 Å². The molecule has 1 saturated carbocycles. The summed E-state index contributed by atoms with van der Waals surface area (Å²) < 4.78 is 5.83. The molecule has 0 atom stereocenters. The van der Waals surface area contributed by atoms with Crippen molar-refractivity contribution in [1.82, 2.24) is 10.3 Å². The van der Waals surface area contributed by atoms with Crippen molar-refractivity contribution in [1.29, 1.82) is 0 Å². The zero-order chi connectivity index (χ0) is 12.6. The Morgan fingerprint density at radius 2 is 2.06 bits per heavy atom. The maximum Gasteiger partial charge on any atom is 0.194 e. The maximum atomic E-state index is 5.83. The first-order valence-electron chi connectivity index (χ1n) is 7.46. The molecule has 1 aliphatic rings. The number of hydrogen-bond donors (Lipinski definition) is 1. The van der Waals surface area contributed by atoms with E-state index in [4.69, 9.17) is 4.42 Å². The molecule has 1 aliphatic carbocycles. The third-order valence-electron chi connectivity index (χ3n) is 3.88. The molecule has 2 rings (SSSR count). The molecule has 1 aromatic rings. The number of hydrogen-bond acceptors (Lipinski definition) is 3. The van der Waals surface area contributed by atoms with E-state index in [-0.39, 0.29) is 0 Å². The van der Waals surface area contributed by atoms with Crippen LogP contribution in [0.4, 0.5) is 0 Å². The predicted octanol–water partition coefficient (Wildman–Crippen LogP) is 3.34. The number of nitrogens with zero attached hydrogens (tertiary/aromatic N) is 1. The van der Waals surface area contributed by atoms with E-state index in [0.29, 0.717) is 0 Å². The number of rotatable bonds is 6. The van der Waals surface area contributed by atoms with Gasteiger partial charge in [-0.25, -0.2) is 4.98 Å². The lowest BCUT2D eigenvalue weighted by atomic mass is 9.96. The van der Waals surface area contributed by atoms with Gasteiger partial charge in [0.2, 0.25) is 0 Å². The van der Waals surface area contributed by atoms with Crippen LogP contribution in [0.1, 0.15) is 56.6 Å². The molecular weight excluding hydrogens is 224 g/mol. The summed E-state index contributed by atoms with van der Waals surface area (Å²) in [4.78, 5) is 4.38. The summed E-state index contributed by atoms with van der Waals surface area (Å²) in [5, 5.41) is 3.15. The van der Waals surface area contributed by atoms with Crippen LogP contribution in [0.2, 0.25) is 0 Å². The summed E-state index contributed by atoms with van der Waals surface area (Å²) in [7, 11) is 1.98. The quantitative estimate of drug-likeness (QED) is 0.621. The molecule has 3 nitrogen and oxygen atoms in total. The lowest BCUT2D eigenvalue weighted by Gasteiger charge is -2.10. The Morgan fingerprint density at radius 1 is 1.28 bits per heavy atom. The van der Waals surface area contributed by atoms with Crippen LogP contribution in [-0.4, -0.2) is 18.6 Å². The SMILES string of the molecule is CNCCCc1ncc(CC2CCCCCC2)o1. The van der Waals surface area contributed by atoms with Gasteiger partial charge in [0, 0.05) is 12.8 Å². The zero-order valence-corrected chi connectivity index (χ0v) is 11.6. The fraction of sp³-hybridized carbons (Fsp3) is 0.800. The van der Waals surface area contributed by atoms with E-state index in [1.807, 2.05) is 13.2 Å². The zero-order valence-electron chi connectivity index (χ0n) is 11.6. The standard InChI is InChI=1S/C15H26N2O/c1-16-10-6-9-15-17-12-14(18-15)11-13-7-4-2-3-5-8-13/h12-13,16H,2-11H2,1H3. The summed E-state index contributed by atoms with van der Waals surface area (Å²) in [5.74, 6) is 2.83. The van der Waals surface area contributed by atoms with Gasteiger partial charge in [-0.1, -0.05) is 38.5 Å². The van der Waals surface area contributed by atoms with Crippen molar-refractivity contribution in [2.75, 3.05) is 13.6 Å². The second-order valence-corrected chi connectivity index (χ2v) is 5.49. The number of nitrogens with one attached hydrogen (secondary N) is 1. The van der Waals surface area contributed by atoms with Crippen molar-refractivity contribution >= 4 is 0 Å². The third kappa shape index (κ3) is 4.45. The smallest absolute Gasteiger partial charge is 0.194 e. The third-order valence-corrected chi connectivity index (χ3v) is 3.88. The second kappa shape index (κ2) is 7.57. The van der Waals surface area contributed by atoms with E-state index in [2.05, 4.69) is 10.3 Å². The molecule has 0 unspecified atom stereocenters. The molecule has 0 saturated heterocycles. The van der Waals surface area contributed by atoms with Gasteiger partial charge in [0.25, 0.3) is 0 Å². The first kappa shape index (κ1) is 13.6. The Bertz CT molecular complexity index is 327. The van der Waals surface area contributed by atoms with Crippen molar-refractivity contribution in [3.05, 3.63) is 17.8 Å². The molecule has 102 valence electrons. The Labute approximate surface area is 110 Å². The van der Waals surface area contributed by atoms with Crippen molar-refractivity contribution < 1.29 is 4.42 Å². The van der Waals surface area contributed by atoms with E-state index >= 15 is 0 Å². The number of oxazole rings is 1. The van der Waals surface area contributed by atoms with E-state index in [1.165, 1.54) is 38.5 Å². The van der Waals surface area contributed by atoms with Gasteiger partial charge in [0.1, 0.15) is 5.76 Å². The molecule has 0 bridgehead atoms. The van der Waals surface area contributed by atoms with Crippen molar-refractivity contribution in [3.63, 3.8) is 0 Å². The molecule has 1 fully saturated rings. The number of aryl methyl sites for hydroxylation is 1. The molecule has 0 aromatic carbocycles. The molecule has 0 amide bonds. The van der Waals surface area contributed by atoms with Gasteiger partial charge in [-0.3, -0.25) is 0 Å². The topological polar surface area (TPSA) is 38.1 Å². The highest BCUT2D eigenvalue weighted by atomic mass is 16.4. The average Bonchev–Trinajstić information content (AvgIpc) is 2.65. The lowest BCUT2D eigenvalue weighted by Crippen LogP contribution is -2.08. The maximum absolute atomic E-state index is 5.83. The second-order valence-electron chi connectivity index (χ2n) is 5.49. The van der Waals surface area contributed by atoms with Crippen LogP contribution >= 0.6 is 0 Å². The van der Waals surface area contributed by atoms with Crippen LogP contribution in [0.3, 0.4) is 0 Å². The van der Waals surface area contributed by atoms with Gasteiger partial charge in [-0.05, 0) is 25.9 Å². The van der Waals surface area contributed by atoms with Crippen LogP contribution in [-0.2, 0) is 12.8 Å². The van der Waals surface area contributed by atoms with Gasteiger partial charge >= 0.3 is 0 Å². The van der Waals surface area contributed by atoms with Crippen LogP contribution in [0.15, 0.2) is 10.6 Å². The number of aromatic nitrogens is 1. The molecule has 0 radical (unpaired) electrons. The van der Waals surface area contributed by atoms with Gasteiger partial charge in [0.05, 0.1) is 6.20 Å². The fourth-order valence-electron chi connectivity index (χ4n) is 2.83. The van der Waals surface area contributed by atoms with Crippen LogP contribution in [0, 0.1) is 5.92 Å². The van der Waals surface area contributed by atoms with Crippen LogP contribution < -0.4 is 5.32 Å². The molecule has 3 heteroatoms. The summed E-state index contributed by atoms with van der Waals surface area (Å²) in [5.41, 5.74) is 0. The lowest BCUT2D eigenvalue weighted by molar-refractivity contribution is 0.385. The average molecular weight is 250 g/mol. The summed E-state index contributed by atoms with van der Waals surface area (Å²) in [6, 6.07) is 0. The van der Waals surface area contributed by atoms with Gasteiger partial charge in [-0.2, -0.15) is 0 Å². The van der Waals surface area contributed by atoms with Crippen LogP contribution in [0.5, 0.6) is 0 Å². The minimum Gasteiger partial charge on any atom is -0.446 e. The molecular formula is C15H26N2O. The van der Waals surface area contributed by atoms with Gasteiger partial charge in [-0.15, -0.1) is 0 Å². The molecule has 0 aliphatic heterocycles. The predicted molar refractivity (Wildman–Crippen MR) is 73.6 cm³/mol. The Hall–Kier alpha value is -0.830. The van der Waals surface area contributed by atoms with Gasteiger partial charge < -0.3 is 9.73 Å². The van der Waals surface area contributed by atoms with Crippen molar-refractivity contribution in [2.45, 2.75) is 57.8 Å². The van der Waals surface area contributed by atoms with E-state index < -0.39 is 0 Å². The normalized spacial score (nSPS) is 17.8. The molecule has 1 heterocycles. The van der Waals surface area contributed by atoms with E-state index in [1.54, 1.807) is 0 Å². The van der Waals surface area contributed by atoms with E-state index in [0.717, 1.165) is 43.4 Å². The van der Waals surface area contributed by atoms with Crippen LogP contribution in [0.25, 0.3) is 0 Å². The summed E-state index contributed by atoms with van der Waals surface area (Å²) in [6.45, 7) is 1.03. The Balaban J connectivity index is 1.78. The summed E-state index contributed by atoms with van der Waals surface area (Å²) in [6.07, 6.45) is 13.5. The first-order chi connectivity index (χ1) is 8.88. The van der Waals surface area contributed by atoms with E-state index in [9.17, 15) is 0 Å².